The normalized spacial score (nSPS) is 26.8. The van der Waals surface area contributed by atoms with Crippen molar-refractivity contribution in [3.8, 4) is 0 Å². The highest BCUT2D eigenvalue weighted by molar-refractivity contribution is 7.89. The molecular formula is C14H18ClFN2O2S. The highest BCUT2D eigenvalue weighted by Crippen LogP contribution is 2.29. The van der Waals surface area contributed by atoms with Crippen LogP contribution in [-0.2, 0) is 10.0 Å². The number of benzene rings is 1. The summed E-state index contributed by atoms with van der Waals surface area (Å²) in [7, 11) is -3.88. The molecule has 3 rings (SSSR count). The number of nitrogens with one attached hydrogen (secondary N) is 1. The van der Waals surface area contributed by atoms with Crippen LogP contribution < -0.4 is 4.72 Å². The minimum Gasteiger partial charge on any atom is -0.299 e. The molecule has 7 heteroatoms. The first-order valence-corrected chi connectivity index (χ1v) is 9.05. The minimum atomic E-state index is -3.88. The Kier molecular flexibility index (Phi) is 4.23. The molecule has 1 aromatic rings. The Hall–Kier alpha value is -0.690. The zero-order valence-electron chi connectivity index (χ0n) is 11.6. The standard InChI is InChI=1S/C14H18ClFN2O2S/c15-10-4-3-6-13(14(10)16)21(19,20)17-11-7-9-18-8-2-1-5-12(11)18/h3-4,6,11-12,17H,1-2,5,7-9H2/t11-,12+/m0/s1. The average Bonchev–Trinajstić information content (AvgIpc) is 2.84. The van der Waals surface area contributed by atoms with Crippen molar-refractivity contribution in [2.24, 2.45) is 0 Å². The van der Waals surface area contributed by atoms with Crippen LogP contribution in [0, 0.1) is 5.82 Å². The maximum Gasteiger partial charge on any atom is 0.243 e. The lowest BCUT2D eigenvalue weighted by Crippen LogP contribution is -2.46. The van der Waals surface area contributed by atoms with Crippen LogP contribution in [0.15, 0.2) is 23.1 Å². The largest absolute Gasteiger partial charge is 0.299 e. The summed E-state index contributed by atoms with van der Waals surface area (Å²) in [5, 5.41) is -0.177. The molecule has 1 aromatic carbocycles. The molecule has 4 nitrogen and oxygen atoms in total. The second-order valence-corrected chi connectivity index (χ2v) is 7.76. The molecule has 0 spiro atoms. The third-order valence-corrected chi connectivity index (χ3v) is 6.17. The van der Waals surface area contributed by atoms with Crippen molar-refractivity contribution in [2.45, 2.75) is 42.7 Å². The summed E-state index contributed by atoms with van der Waals surface area (Å²) in [6.07, 6.45) is 4.04. The number of nitrogens with zero attached hydrogens (tertiary/aromatic N) is 1. The van der Waals surface area contributed by atoms with Crippen LogP contribution >= 0.6 is 11.6 Å². The van der Waals surface area contributed by atoms with Gasteiger partial charge < -0.3 is 0 Å². The van der Waals surface area contributed by atoms with Gasteiger partial charge in [-0.2, -0.15) is 0 Å². The van der Waals surface area contributed by atoms with Gasteiger partial charge in [0.2, 0.25) is 10.0 Å². The highest BCUT2D eigenvalue weighted by Gasteiger charge is 2.38. The molecule has 1 N–H and O–H groups in total. The van der Waals surface area contributed by atoms with Gasteiger partial charge in [-0.15, -0.1) is 0 Å². The van der Waals surface area contributed by atoms with Crippen LogP contribution in [0.2, 0.25) is 5.02 Å². The number of rotatable bonds is 3. The van der Waals surface area contributed by atoms with Crippen molar-refractivity contribution >= 4 is 21.6 Å². The molecular weight excluding hydrogens is 315 g/mol. The third kappa shape index (κ3) is 2.95. The molecule has 0 aliphatic carbocycles. The van der Waals surface area contributed by atoms with E-state index in [4.69, 9.17) is 11.6 Å². The molecule has 2 aliphatic heterocycles. The first-order chi connectivity index (χ1) is 9.99. The zero-order valence-corrected chi connectivity index (χ0v) is 13.1. The fourth-order valence-corrected chi connectivity index (χ4v) is 4.97. The number of piperidine rings is 1. The SMILES string of the molecule is O=S(=O)(N[C@H]1CCN2CCCC[C@H]12)c1cccc(Cl)c1F. The van der Waals surface area contributed by atoms with Gasteiger partial charge >= 0.3 is 0 Å². The lowest BCUT2D eigenvalue weighted by molar-refractivity contribution is 0.186. The quantitative estimate of drug-likeness (QED) is 0.924. The van der Waals surface area contributed by atoms with Crippen LogP contribution in [0.1, 0.15) is 25.7 Å². The predicted molar refractivity (Wildman–Crippen MR) is 79.3 cm³/mol. The van der Waals surface area contributed by atoms with Crippen molar-refractivity contribution in [1.82, 2.24) is 9.62 Å². The second kappa shape index (κ2) is 5.83. The lowest BCUT2D eigenvalue weighted by atomic mass is 10.00. The second-order valence-electron chi connectivity index (χ2n) is 5.67. The van der Waals surface area contributed by atoms with Crippen molar-refractivity contribution in [3.05, 3.63) is 29.0 Å². The molecule has 2 heterocycles. The van der Waals surface area contributed by atoms with Gasteiger partial charge in [0.05, 0.1) is 5.02 Å². The first kappa shape index (κ1) is 15.2. The summed E-state index contributed by atoms with van der Waals surface area (Å²) in [4.78, 5) is 1.95. The Balaban J connectivity index is 1.82. The minimum absolute atomic E-state index is 0.145. The monoisotopic (exact) mass is 332 g/mol. The fourth-order valence-electron chi connectivity index (χ4n) is 3.34. The zero-order chi connectivity index (χ0) is 15.0. The van der Waals surface area contributed by atoms with Gasteiger partial charge in [-0.25, -0.2) is 17.5 Å². The van der Waals surface area contributed by atoms with E-state index in [0.29, 0.717) is 0 Å². The van der Waals surface area contributed by atoms with E-state index < -0.39 is 15.8 Å². The summed E-state index contributed by atoms with van der Waals surface area (Å²) in [5.41, 5.74) is 0. The number of sulfonamides is 1. The van der Waals surface area contributed by atoms with Crippen molar-refractivity contribution in [1.29, 1.82) is 0 Å². The molecule has 0 aromatic heterocycles. The molecule has 0 radical (unpaired) electrons. The van der Waals surface area contributed by atoms with Crippen LogP contribution in [0.4, 0.5) is 4.39 Å². The van der Waals surface area contributed by atoms with Crippen molar-refractivity contribution < 1.29 is 12.8 Å². The van der Waals surface area contributed by atoms with Gasteiger partial charge in [0, 0.05) is 18.6 Å². The van der Waals surface area contributed by atoms with E-state index in [9.17, 15) is 12.8 Å². The number of fused-ring (bicyclic) bond motifs is 1. The van der Waals surface area contributed by atoms with Crippen LogP contribution in [0.3, 0.4) is 0 Å². The van der Waals surface area contributed by atoms with Gasteiger partial charge in [-0.1, -0.05) is 24.1 Å². The molecule has 2 atom stereocenters. The number of hydrogen-bond donors (Lipinski definition) is 1. The fraction of sp³-hybridized carbons (Fsp3) is 0.571. The summed E-state index contributed by atoms with van der Waals surface area (Å²) in [6.45, 7) is 1.92. The summed E-state index contributed by atoms with van der Waals surface area (Å²) in [6, 6.07) is 4.12. The maximum absolute atomic E-state index is 13.9. The Morgan fingerprint density at radius 2 is 2.05 bits per heavy atom. The van der Waals surface area contributed by atoms with E-state index in [1.54, 1.807) is 0 Å². The summed E-state index contributed by atoms with van der Waals surface area (Å²) in [5.74, 6) is -0.884. The smallest absolute Gasteiger partial charge is 0.243 e. The van der Waals surface area contributed by atoms with E-state index in [2.05, 4.69) is 9.62 Å². The van der Waals surface area contributed by atoms with Crippen LogP contribution in [-0.4, -0.2) is 38.5 Å². The molecule has 0 saturated carbocycles. The van der Waals surface area contributed by atoms with E-state index in [0.717, 1.165) is 32.4 Å². The van der Waals surface area contributed by atoms with E-state index in [1.165, 1.54) is 24.6 Å². The Morgan fingerprint density at radius 3 is 2.86 bits per heavy atom. The van der Waals surface area contributed by atoms with Gasteiger partial charge in [0.25, 0.3) is 0 Å². The van der Waals surface area contributed by atoms with Crippen LogP contribution in [0.25, 0.3) is 0 Å². The molecule has 2 aliphatic rings. The van der Waals surface area contributed by atoms with Gasteiger partial charge in [-0.05, 0) is 37.9 Å². The van der Waals surface area contributed by atoms with Crippen molar-refractivity contribution in [2.75, 3.05) is 13.1 Å². The van der Waals surface area contributed by atoms with E-state index in [-0.39, 0.29) is 22.0 Å². The van der Waals surface area contributed by atoms with E-state index >= 15 is 0 Å². The third-order valence-electron chi connectivity index (χ3n) is 4.37. The van der Waals surface area contributed by atoms with Gasteiger partial charge in [0.1, 0.15) is 4.90 Å². The molecule has 21 heavy (non-hydrogen) atoms. The number of halogens is 2. The lowest BCUT2D eigenvalue weighted by Gasteiger charge is -2.32. The Labute approximate surface area is 129 Å². The Bertz CT molecular complexity index is 638. The molecule has 2 fully saturated rings. The average molecular weight is 333 g/mol. The number of hydrogen-bond acceptors (Lipinski definition) is 3. The van der Waals surface area contributed by atoms with Gasteiger partial charge in [0.15, 0.2) is 5.82 Å². The molecule has 0 bridgehead atoms. The highest BCUT2D eigenvalue weighted by atomic mass is 35.5. The molecule has 0 unspecified atom stereocenters. The predicted octanol–water partition coefficient (Wildman–Crippen LogP) is 2.38. The topological polar surface area (TPSA) is 49.4 Å². The summed E-state index contributed by atoms with van der Waals surface area (Å²) < 4.78 is 41.4. The van der Waals surface area contributed by atoms with Gasteiger partial charge in [-0.3, -0.25) is 4.90 Å². The molecule has 116 valence electrons. The van der Waals surface area contributed by atoms with E-state index in [1.807, 2.05) is 0 Å². The maximum atomic E-state index is 13.9. The molecule has 2 saturated heterocycles. The first-order valence-electron chi connectivity index (χ1n) is 7.19. The van der Waals surface area contributed by atoms with Crippen LogP contribution in [0.5, 0.6) is 0 Å². The summed E-state index contributed by atoms with van der Waals surface area (Å²) >= 11 is 5.67. The van der Waals surface area contributed by atoms with Crippen molar-refractivity contribution in [3.63, 3.8) is 0 Å². The Morgan fingerprint density at radius 1 is 1.24 bits per heavy atom. The molecule has 0 amide bonds.